The first-order chi connectivity index (χ1) is 10.7. The number of carbonyl (C=O) groups excluding carboxylic acids is 2. The van der Waals surface area contributed by atoms with Crippen LogP contribution in [0, 0.1) is 0 Å². The van der Waals surface area contributed by atoms with Crippen LogP contribution in [0.25, 0.3) is 0 Å². The Balaban J connectivity index is 0. The van der Waals surface area contributed by atoms with Crippen molar-refractivity contribution >= 4 is 11.9 Å². The van der Waals surface area contributed by atoms with Crippen LogP contribution < -0.4 is 56.5 Å². The molecule has 0 aromatic heterocycles. The molecule has 130 valence electrons. The van der Waals surface area contributed by atoms with E-state index in [1.807, 2.05) is 0 Å². The molecule has 0 unspecified atom stereocenters. The maximum atomic E-state index is 11.1. The number of rotatable bonds is 16. The molecule has 0 aliphatic heterocycles. The van der Waals surface area contributed by atoms with Crippen molar-refractivity contribution in [2.24, 2.45) is 0 Å². The molecule has 0 aromatic carbocycles. The molecule has 0 amide bonds. The van der Waals surface area contributed by atoms with Crippen molar-refractivity contribution in [2.45, 2.75) is 96.8 Å². The van der Waals surface area contributed by atoms with Gasteiger partial charge in [0, 0.05) is 5.97 Å². The monoisotopic (exact) mass is 352 g/mol. The van der Waals surface area contributed by atoms with Crippen LogP contribution in [-0.4, -0.2) is 18.5 Å². The molecule has 4 nitrogen and oxygen atoms in total. The normalized spacial score (nSPS) is 10.1. The summed E-state index contributed by atoms with van der Waals surface area (Å²) in [6, 6.07) is 0. The second kappa shape index (κ2) is 20.6. The van der Waals surface area contributed by atoms with Gasteiger partial charge in [0.05, 0.1) is 13.0 Å². The van der Waals surface area contributed by atoms with Gasteiger partial charge in [-0.15, -0.1) is 0 Å². The molecule has 23 heavy (non-hydrogen) atoms. The number of ether oxygens (including phenoxy) is 1. The first kappa shape index (κ1) is 25.8. The zero-order valence-electron chi connectivity index (χ0n) is 15.2. The number of aliphatic carboxylic acids is 1. The SMILES string of the molecule is CCCCCCCCCCCCCCOC(=O)CCC(=O)[O-].[K+]. The Labute approximate surface area is 184 Å². The van der Waals surface area contributed by atoms with Crippen LogP contribution in [0.4, 0.5) is 0 Å². The van der Waals surface area contributed by atoms with E-state index in [-0.39, 0.29) is 64.2 Å². The number of hydrogen-bond acceptors (Lipinski definition) is 4. The Morgan fingerprint density at radius 2 is 1.17 bits per heavy atom. The fourth-order valence-corrected chi connectivity index (χ4v) is 2.41. The van der Waals surface area contributed by atoms with Gasteiger partial charge in [0.15, 0.2) is 0 Å². The summed E-state index contributed by atoms with van der Waals surface area (Å²) in [5.74, 6) is -1.64. The van der Waals surface area contributed by atoms with Crippen LogP contribution in [0.2, 0.25) is 0 Å². The van der Waals surface area contributed by atoms with E-state index in [1.165, 1.54) is 64.2 Å². The fourth-order valence-electron chi connectivity index (χ4n) is 2.41. The number of carbonyl (C=O) groups is 2. The van der Waals surface area contributed by atoms with E-state index in [9.17, 15) is 14.7 Å². The standard InChI is InChI=1S/C18H34O4.K/c1-2-3-4-5-6-7-8-9-10-11-12-13-16-22-18(21)15-14-17(19)20;/h2-16H2,1H3,(H,19,20);/q;+1/p-1. The fraction of sp³-hybridized carbons (Fsp3) is 0.889. The molecule has 0 rings (SSSR count). The Kier molecular flexibility index (Phi) is 23.1. The van der Waals surface area contributed by atoms with Gasteiger partial charge < -0.3 is 14.6 Å². The van der Waals surface area contributed by atoms with Crippen molar-refractivity contribution < 1.29 is 70.8 Å². The minimum absolute atomic E-state index is 0. The molecule has 0 fully saturated rings. The molecule has 0 bridgehead atoms. The Morgan fingerprint density at radius 1 is 0.739 bits per heavy atom. The van der Waals surface area contributed by atoms with E-state index < -0.39 is 11.9 Å². The Bertz CT molecular complexity index is 282. The molecule has 0 saturated heterocycles. The minimum Gasteiger partial charge on any atom is -0.550 e. The quantitative estimate of drug-likeness (QED) is 0.234. The number of unbranched alkanes of at least 4 members (excludes halogenated alkanes) is 11. The predicted molar refractivity (Wildman–Crippen MR) is 86.3 cm³/mol. The van der Waals surface area contributed by atoms with E-state index in [2.05, 4.69) is 6.92 Å². The van der Waals surface area contributed by atoms with E-state index in [4.69, 9.17) is 4.74 Å². The summed E-state index contributed by atoms with van der Waals surface area (Å²) in [6.45, 7) is 2.65. The van der Waals surface area contributed by atoms with Gasteiger partial charge >= 0.3 is 57.4 Å². The summed E-state index contributed by atoms with van der Waals surface area (Å²) in [6.07, 6.45) is 14.9. The first-order valence-corrected chi connectivity index (χ1v) is 9.02. The van der Waals surface area contributed by atoms with Crippen molar-refractivity contribution in [3.8, 4) is 0 Å². The van der Waals surface area contributed by atoms with Crippen molar-refractivity contribution in [3.63, 3.8) is 0 Å². The molecular weight excluding hydrogens is 319 g/mol. The van der Waals surface area contributed by atoms with Gasteiger partial charge in [-0.3, -0.25) is 4.79 Å². The van der Waals surface area contributed by atoms with Gasteiger partial charge in [0.2, 0.25) is 0 Å². The van der Waals surface area contributed by atoms with E-state index in [0.29, 0.717) is 6.61 Å². The van der Waals surface area contributed by atoms with Crippen LogP contribution in [0.15, 0.2) is 0 Å². The third-order valence-corrected chi connectivity index (χ3v) is 3.79. The molecule has 0 aliphatic carbocycles. The molecule has 0 aliphatic rings. The van der Waals surface area contributed by atoms with Crippen LogP contribution in [0.5, 0.6) is 0 Å². The van der Waals surface area contributed by atoms with E-state index in [0.717, 1.165) is 12.8 Å². The Hall–Kier alpha value is 0.576. The van der Waals surface area contributed by atoms with Gasteiger partial charge in [-0.05, 0) is 12.8 Å². The predicted octanol–water partition coefficient (Wildman–Crippen LogP) is 0.765. The number of hydrogen-bond donors (Lipinski definition) is 0. The van der Waals surface area contributed by atoms with E-state index >= 15 is 0 Å². The van der Waals surface area contributed by atoms with Crippen molar-refractivity contribution in [3.05, 3.63) is 0 Å². The molecule has 0 heterocycles. The molecule has 0 spiro atoms. The van der Waals surface area contributed by atoms with Crippen LogP contribution in [0.1, 0.15) is 96.8 Å². The molecule has 0 N–H and O–H groups in total. The van der Waals surface area contributed by atoms with Gasteiger partial charge in [0.25, 0.3) is 0 Å². The smallest absolute Gasteiger partial charge is 0.550 e. The van der Waals surface area contributed by atoms with E-state index in [1.54, 1.807) is 0 Å². The average Bonchev–Trinajstić information content (AvgIpc) is 2.49. The van der Waals surface area contributed by atoms with Crippen LogP contribution >= 0.6 is 0 Å². The largest absolute Gasteiger partial charge is 1.00 e. The summed E-state index contributed by atoms with van der Waals surface area (Å²) in [5.41, 5.74) is 0. The zero-order chi connectivity index (χ0) is 16.5. The molecule has 0 atom stereocenters. The molecule has 0 saturated carbocycles. The third kappa shape index (κ3) is 22.6. The van der Waals surface area contributed by atoms with Crippen molar-refractivity contribution in [2.75, 3.05) is 6.61 Å². The summed E-state index contributed by atoms with van der Waals surface area (Å²) in [5, 5.41) is 10.2. The zero-order valence-corrected chi connectivity index (χ0v) is 18.4. The molecule has 5 heteroatoms. The van der Waals surface area contributed by atoms with Gasteiger partial charge in [-0.2, -0.15) is 0 Å². The average molecular weight is 353 g/mol. The molecular formula is C18H33KO4. The third-order valence-electron chi connectivity index (χ3n) is 3.79. The van der Waals surface area contributed by atoms with Gasteiger partial charge in [-0.1, -0.05) is 77.6 Å². The summed E-state index contributed by atoms with van der Waals surface area (Å²) >= 11 is 0. The minimum atomic E-state index is -1.21. The number of carboxylic acid groups (broad SMARTS) is 1. The summed E-state index contributed by atoms with van der Waals surface area (Å²) < 4.78 is 4.95. The maximum absolute atomic E-state index is 11.1. The second-order valence-corrected chi connectivity index (χ2v) is 5.98. The second-order valence-electron chi connectivity index (χ2n) is 5.98. The molecule has 0 radical (unpaired) electrons. The first-order valence-electron chi connectivity index (χ1n) is 9.02. The summed E-state index contributed by atoms with van der Waals surface area (Å²) in [4.78, 5) is 21.3. The molecule has 0 aromatic rings. The van der Waals surface area contributed by atoms with Crippen molar-refractivity contribution in [1.82, 2.24) is 0 Å². The number of esters is 1. The summed E-state index contributed by atoms with van der Waals surface area (Å²) in [7, 11) is 0. The van der Waals surface area contributed by atoms with Gasteiger partial charge in [0.1, 0.15) is 0 Å². The Morgan fingerprint density at radius 3 is 1.61 bits per heavy atom. The number of carboxylic acids is 1. The van der Waals surface area contributed by atoms with Gasteiger partial charge in [-0.25, -0.2) is 0 Å². The topological polar surface area (TPSA) is 66.4 Å². The van der Waals surface area contributed by atoms with Crippen molar-refractivity contribution in [1.29, 1.82) is 0 Å². The maximum Gasteiger partial charge on any atom is 1.00 e. The van der Waals surface area contributed by atoms with Crippen LogP contribution in [0.3, 0.4) is 0 Å². The van der Waals surface area contributed by atoms with Crippen LogP contribution in [-0.2, 0) is 14.3 Å².